The van der Waals surface area contributed by atoms with Gasteiger partial charge in [0, 0.05) is 32.5 Å². The van der Waals surface area contributed by atoms with Crippen molar-refractivity contribution in [2.75, 3.05) is 13.1 Å². The van der Waals surface area contributed by atoms with E-state index >= 15 is 0 Å². The molecule has 1 unspecified atom stereocenters. The van der Waals surface area contributed by atoms with Crippen LogP contribution in [0.15, 0.2) is 41.4 Å². The molecule has 8 heteroatoms. The molecule has 0 radical (unpaired) electrons. The number of likely N-dealkylation sites (tertiary alicyclic amines) is 1. The van der Waals surface area contributed by atoms with E-state index in [1.165, 1.54) is 12.8 Å². The molecule has 2 fully saturated rings. The molecule has 1 aliphatic carbocycles. The van der Waals surface area contributed by atoms with E-state index in [0.717, 1.165) is 25.8 Å². The number of carbonyl (C=O) groups is 1. The molecule has 4 heterocycles. The summed E-state index contributed by atoms with van der Waals surface area (Å²) in [6, 6.07) is 5.63. The van der Waals surface area contributed by atoms with Crippen LogP contribution in [0, 0.1) is 5.92 Å². The molecule has 2 aliphatic rings. The van der Waals surface area contributed by atoms with E-state index in [9.17, 15) is 4.79 Å². The van der Waals surface area contributed by atoms with Gasteiger partial charge in [-0.2, -0.15) is 4.98 Å². The molecule has 29 heavy (non-hydrogen) atoms. The number of rotatable bonds is 5. The maximum Gasteiger partial charge on any atom is 0.276 e. The molecule has 5 rings (SSSR count). The Morgan fingerprint density at radius 2 is 2.21 bits per heavy atom. The molecule has 3 aromatic heterocycles. The van der Waals surface area contributed by atoms with Crippen LogP contribution in [-0.2, 0) is 12.5 Å². The number of pyridine rings is 1. The van der Waals surface area contributed by atoms with Crippen molar-refractivity contribution in [3.05, 3.63) is 48.4 Å². The van der Waals surface area contributed by atoms with Gasteiger partial charge in [-0.15, -0.1) is 0 Å². The van der Waals surface area contributed by atoms with Crippen molar-refractivity contribution in [1.82, 2.24) is 29.6 Å². The summed E-state index contributed by atoms with van der Waals surface area (Å²) in [5.41, 5.74) is 0.877. The lowest BCUT2D eigenvalue weighted by Crippen LogP contribution is -2.49. The van der Waals surface area contributed by atoms with Crippen molar-refractivity contribution in [2.24, 2.45) is 13.0 Å². The zero-order valence-electron chi connectivity index (χ0n) is 16.5. The highest BCUT2D eigenvalue weighted by Gasteiger charge is 2.46. The van der Waals surface area contributed by atoms with E-state index in [0.29, 0.717) is 35.6 Å². The summed E-state index contributed by atoms with van der Waals surface area (Å²) in [6.45, 7) is 1.33. The molecule has 0 aromatic carbocycles. The minimum absolute atomic E-state index is 0.0288. The first-order valence-electron chi connectivity index (χ1n) is 10.2. The monoisotopic (exact) mass is 392 g/mol. The normalized spacial score (nSPS) is 22.0. The molecule has 1 atom stereocenters. The smallest absolute Gasteiger partial charge is 0.276 e. The number of hydrogen-bond acceptors (Lipinski definition) is 6. The van der Waals surface area contributed by atoms with E-state index < -0.39 is 0 Å². The van der Waals surface area contributed by atoms with Crippen molar-refractivity contribution in [2.45, 2.75) is 37.5 Å². The molecule has 1 saturated heterocycles. The quantitative estimate of drug-likeness (QED) is 0.663. The third-order valence-corrected chi connectivity index (χ3v) is 5.95. The van der Waals surface area contributed by atoms with Crippen molar-refractivity contribution in [3.63, 3.8) is 0 Å². The molecule has 3 aromatic rings. The van der Waals surface area contributed by atoms with Crippen LogP contribution in [-0.4, -0.2) is 48.6 Å². The highest BCUT2D eigenvalue weighted by atomic mass is 16.5. The van der Waals surface area contributed by atoms with E-state index in [1.54, 1.807) is 23.3 Å². The SMILES string of the molecule is Cn1cnc(C(=O)N2CCCC(CC3CC3)(c3noc(-c4ccccn4)n3)C2)c1. The van der Waals surface area contributed by atoms with Gasteiger partial charge in [-0.25, -0.2) is 4.98 Å². The van der Waals surface area contributed by atoms with Crippen molar-refractivity contribution < 1.29 is 9.32 Å². The highest BCUT2D eigenvalue weighted by Crippen LogP contribution is 2.46. The second kappa shape index (κ2) is 7.09. The van der Waals surface area contributed by atoms with Crippen molar-refractivity contribution in [3.8, 4) is 11.6 Å². The Balaban J connectivity index is 1.45. The number of nitrogens with zero attached hydrogens (tertiary/aromatic N) is 6. The summed E-state index contributed by atoms with van der Waals surface area (Å²) >= 11 is 0. The fraction of sp³-hybridized carbons (Fsp3) is 0.476. The predicted octanol–water partition coefficient (Wildman–Crippen LogP) is 2.84. The van der Waals surface area contributed by atoms with Crippen molar-refractivity contribution in [1.29, 1.82) is 0 Å². The van der Waals surface area contributed by atoms with Gasteiger partial charge >= 0.3 is 0 Å². The van der Waals surface area contributed by atoms with Gasteiger partial charge < -0.3 is 14.0 Å². The molecular formula is C21H24N6O2. The molecule has 150 valence electrons. The molecule has 1 aliphatic heterocycles. The van der Waals surface area contributed by atoms with Crippen LogP contribution in [0.3, 0.4) is 0 Å². The van der Waals surface area contributed by atoms with Gasteiger partial charge in [0.05, 0.1) is 11.7 Å². The summed E-state index contributed by atoms with van der Waals surface area (Å²) in [5, 5.41) is 4.36. The number of aromatic nitrogens is 5. The fourth-order valence-corrected chi connectivity index (χ4v) is 4.34. The van der Waals surface area contributed by atoms with Crippen LogP contribution in [0.25, 0.3) is 11.6 Å². The van der Waals surface area contributed by atoms with Crippen LogP contribution in [0.1, 0.15) is 48.4 Å². The highest BCUT2D eigenvalue weighted by molar-refractivity contribution is 5.92. The Morgan fingerprint density at radius 1 is 1.31 bits per heavy atom. The number of hydrogen-bond donors (Lipinski definition) is 0. The van der Waals surface area contributed by atoms with Gasteiger partial charge in [0.1, 0.15) is 11.4 Å². The molecule has 0 spiro atoms. The van der Waals surface area contributed by atoms with Gasteiger partial charge in [0.25, 0.3) is 11.8 Å². The van der Waals surface area contributed by atoms with Crippen LogP contribution in [0.2, 0.25) is 0 Å². The molecule has 1 saturated carbocycles. The number of carbonyl (C=O) groups excluding carboxylic acids is 1. The second-order valence-corrected chi connectivity index (χ2v) is 8.32. The van der Waals surface area contributed by atoms with E-state index in [2.05, 4.69) is 15.1 Å². The summed E-state index contributed by atoms with van der Waals surface area (Å²) in [4.78, 5) is 28.2. The predicted molar refractivity (Wildman–Crippen MR) is 105 cm³/mol. The summed E-state index contributed by atoms with van der Waals surface area (Å²) < 4.78 is 7.37. The maximum absolute atomic E-state index is 13.0. The van der Waals surface area contributed by atoms with Gasteiger partial charge in [0.15, 0.2) is 5.82 Å². The molecule has 0 N–H and O–H groups in total. The van der Waals surface area contributed by atoms with Crippen LogP contribution < -0.4 is 0 Å². The van der Waals surface area contributed by atoms with Gasteiger partial charge in [-0.05, 0) is 37.3 Å². The lowest BCUT2D eigenvalue weighted by molar-refractivity contribution is 0.0602. The zero-order chi connectivity index (χ0) is 19.8. The summed E-state index contributed by atoms with van der Waals surface area (Å²) in [7, 11) is 1.87. The lowest BCUT2D eigenvalue weighted by atomic mass is 9.74. The maximum atomic E-state index is 13.0. The average Bonchev–Trinajstić information content (AvgIpc) is 3.23. The van der Waals surface area contributed by atoms with Crippen molar-refractivity contribution >= 4 is 5.91 Å². The Labute approximate surface area is 169 Å². The number of aryl methyl sites for hydroxylation is 1. The Kier molecular flexibility index (Phi) is 4.41. The third kappa shape index (κ3) is 3.54. The van der Waals surface area contributed by atoms with Crippen LogP contribution in [0.5, 0.6) is 0 Å². The number of imidazole rings is 1. The van der Waals surface area contributed by atoms with Gasteiger partial charge in [-0.1, -0.05) is 24.1 Å². The zero-order valence-corrected chi connectivity index (χ0v) is 16.5. The Morgan fingerprint density at radius 3 is 2.93 bits per heavy atom. The van der Waals surface area contributed by atoms with E-state index in [-0.39, 0.29) is 11.3 Å². The molecular weight excluding hydrogens is 368 g/mol. The molecule has 1 amide bonds. The van der Waals surface area contributed by atoms with Gasteiger partial charge in [-0.3, -0.25) is 9.78 Å². The topological polar surface area (TPSA) is 89.9 Å². The van der Waals surface area contributed by atoms with E-state index in [4.69, 9.17) is 9.51 Å². The first-order chi connectivity index (χ1) is 14.1. The van der Waals surface area contributed by atoms with Crippen LogP contribution in [0.4, 0.5) is 0 Å². The number of piperidine rings is 1. The van der Waals surface area contributed by atoms with Gasteiger partial charge in [0.2, 0.25) is 0 Å². The third-order valence-electron chi connectivity index (χ3n) is 5.95. The largest absolute Gasteiger partial charge is 0.340 e. The fourth-order valence-electron chi connectivity index (χ4n) is 4.34. The molecule has 0 bridgehead atoms. The Bertz CT molecular complexity index is 1010. The minimum atomic E-state index is -0.277. The minimum Gasteiger partial charge on any atom is -0.340 e. The number of amides is 1. The lowest BCUT2D eigenvalue weighted by Gasteiger charge is -2.41. The Hall–Kier alpha value is -3.03. The second-order valence-electron chi connectivity index (χ2n) is 8.32. The molecule has 8 nitrogen and oxygen atoms in total. The van der Waals surface area contributed by atoms with Crippen LogP contribution >= 0.6 is 0 Å². The van der Waals surface area contributed by atoms with E-state index in [1.807, 2.05) is 30.1 Å². The first kappa shape index (κ1) is 18.0. The standard InChI is InChI=1S/C21H24N6O2/c1-26-12-17(23-14-26)19(28)27-10-4-8-21(13-27,11-15-6-7-15)20-24-18(29-25-20)16-5-2-3-9-22-16/h2-3,5,9,12,14-15H,4,6-8,10-11,13H2,1H3. The average molecular weight is 392 g/mol. The summed E-state index contributed by atoms with van der Waals surface area (Å²) in [5.74, 6) is 1.78. The summed E-state index contributed by atoms with van der Waals surface area (Å²) in [6.07, 6.45) is 10.5. The first-order valence-corrected chi connectivity index (χ1v) is 10.2.